The lowest BCUT2D eigenvalue weighted by Gasteiger charge is -2.35. The predicted molar refractivity (Wildman–Crippen MR) is 76.1 cm³/mol. The number of rotatable bonds is 3. The molecule has 0 bridgehead atoms. The number of carbonyl (C=O) groups excluding carboxylic acids is 1. The fraction of sp³-hybridized carbons (Fsp3) is 0.562. The number of ether oxygens (including phenoxy) is 1. The van der Waals surface area contributed by atoms with Gasteiger partial charge in [0.25, 0.3) is 0 Å². The van der Waals surface area contributed by atoms with Crippen LogP contribution < -0.4 is 0 Å². The van der Waals surface area contributed by atoms with Crippen molar-refractivity contribution in [3.8, 4) is 0 Å². The predicted octanol–water partition coefficient (Wildman–Crippen LogP) is 2.82. The highest BCUT2D eigenvalue weighted by Crippen LogP contribution is 2.21. The molecule has 1 heterocycles. The SMILES string of the molecule is C[C@@H]1CN(C(=O)C[C@@H](C)c2ccccc2)C[C@@H](C)O1. The molecule has 0 aromatic heterocycles. The zero-order valence-electron chi connectivity index (χ0n) is 12.0. The van der Waals surface area contributed by atoms with Crippen LogP contribution in [0.1, 0.15) is 38.7 Å². The Morgan fingerprint density at radius 2 is 1.84 bits per heavy atom. The summed E-state index contributed by atoms with van der Waals surface area (Å²) in [6.07, 6.45) is 0.850. The second-order valence-corrected chi connectivity index (χ2v) is 5.57. The fourth-order valence-electron chi connectivity index (χ4n) is 2.67. The normalized spacial score (nSPS) is 25.1. The first-order valence-electron chi connectivity index (χ1n) is 7.04. The quantitative estimate of drug-likeness (QED) is 0.837. The van der Waals surface area contributed by atoms with Crippen molar-refractivity contribution >= 4 is 5.91 Å². The molecule has 1 aliphatic heterocycles. The molecule has 3 atom stereocenters. The highest BCUT2D eigenvalue weighted by molar-refractivity contribution is 5.77. The molecule has 0 saturated carbocycles. The zero-order chi connectivity index (χ0) is 13.8. The van der Waals surface area contributed by atoms with E-state index < -0.39 is 0 Å². The number of hydrogen-bond acceptors (Lipinski definition) is 2. The van der Waals surface area contributed by atoms with Crippen molar-refractivity contribution < 1.29 is 9.53 Å². The Morgan fingerprint density at radius 1 is 1.26 bits per heavy atom. The molecule has 0 spiro atoms. The summed E-state index contributed by atoms with van der Waals surface area (Å²) in [5, 5.41) is 0. The third kappa shape index (κ3) is 3.80. The lowest BCUT2D eigenvalue weighted by Crippen LogP contribution is -2.48. The van der Waals surface area contributed by atoms with E-state index in [0.29, 0.717) is 19.5 Å². The summed E-state index contributed by atoms with van der Waals surface area (Å²) in [6.45, 7) is 7.59. The Morgan fingerprint density at radius 3 is 2.42 bits per heavy atom. The molecular formula is C16H23NO2. The van der Waals surface area contributed by atoms with Crippen LogP contribution in [0.3, 0.4) is 0 Å². The van der Waals surface area contributed by atoms with E-state index in [0.717, 1.165) is 0 Å². The standard InChI is InChI=1S/C16H23NO2/c1-12(15-7-5-4-6-8-15)9-16(18)17-10-13(2)19-14(3)11-17/h4-8,12-14H,9-11H2,1-3H3/t12-,13-,14-/m1/s1. The van der Waals surface area contributed by atoms with E-state index in [9.17, 15) is 4.79 Å². The Balaban J connectivity index is 1.93. The lowest BCUT2D eigenvalue weighted by molar-refractivity contribution is -0.143. The number of hydrogen-bond donors (Lipinski definition) is 0. The molecule has 1 fully saturated rings. The van der Waals surface area contributed by atoms with Crippen LogP contribution in [-0.2, 0) is 9.53 Å². The van der Waals surface area contributed by atoms with Crippen molar-refractivity contribution in [2.75, 3.05) is 13.1 Å². The zero-order valence-corrected chi connectivity index (χ0v) is 12.0. The van der Waals surface area contributed by atoms with Gasteiger partial charge in [-0.05, 0) is 25.3 Å². The Labute approximate surface area is 115 Å². The average Bonchev–Trinajstić information content (AvgIpc) is 2.38. The van der Waals surface area contributed by atoms with Gasteiger partial charge in [0, 0.05) is 19.5 Å². The van der Waals surface area contributed by atoms with Crippen molar-refractivity contribution in [1.82, 2.24) is 4.90 Å². The van der Waals surface area contributed by atoms with Gasteiger partial charge in [-0.15, -0.1) is 0 Å². The third-order valence-corrected chi connectivity index (χ3v) is 3.62. The van der Waals surface area contributed by atoms with Gasteiger partial charge < -0.3 is 9.64 Å². The highest BCUT2D eigenvalue weighted by atomic mass is 16.5. The number of amides is 1. The molecule has 1 aromatic carbocycles. The molecule has 3 heteroatoms. The molecule has 0 radical (unpaired) electrons. The van der Waals surface area contributed by atoms with Crippen LogP contribution in [0.5, 0.6) is 0 Å². The maximum Gasteiger partial charge on any atom is 0.223 e. The van der Waals surface area contributed by atoms with Crippen LogP contribution in [0.4, 0.5) is 0 Å². The van der Waals surface area contributed by atoms with Gasteiger partial charge in [-0.3, -0.25) is 4.79 Å². The maximum absolute atomic E-state index is 12.3. The van der Waals surface area contributed by atoms with Gasteiger partial charge in [-0.2, -0.15) is 0 Å². The van der Waals surface area contributed by atoms with Crippen LogP contribution in [0, 0.1) is 0 Å². The third-order valence-electron chi connectivity index (χ3n) is 3.62. The van der Waals surface area contributed by atoms with Crippen molar-refractivity contribution in [3.63, 3.8) is 0 Å². The summed E-state index contributed by atoms with van der Waals surface area (Å²) in [6, 6.07) is 10.2. The molecule has 0 aliphatic carbocycles. The van der Waals surface area contributed by atoms with Crippen LogP contribution in [0.15, 0.2) is 30.3 Å². The summed E-state index contributed by atoms with van der Waals surface area (Å²) in [4.78, 5) is 14.3. The molecule has 104 valence electrons. The Kier molecular flexibility index (Phi) is 4.59. The molecule has 3 nitrogen and oxygen atoms in total. The first kappa shape index (κ1) is 14.1. The molecule has 19 heavy (non-hydrogen) atoms. The second kappa shape index (κ2) is 6.20. The van der Waals surface area contributed by atoms with E-state index in [1.54, 1.807) is 0 Å². The minimum absolute atomic E-state index is 0.139. The van der Waals surface area contributed by atoms with E-state index in [1.807, 2.05) is 36.9 Å². The summed E-state index contributed by atoms with van der Waals surface area (Å²) in [7, 11) is 0. The largest absolute Gasteiger partial charge is 0.372 e. The highest BCUT2D eigenvalue weighted by Gasteiger charge is 2.26. The molecule has 0 unspecified atom stereocenters. The Hall–Kier alpha value is -1.35. The molecule has 0 N–H and O–H groups in total. The summed E-state index contributed by atoms with van der Waals surface area (Å²) in [5.41, 5.74) is 1.23. The monoisotopic (exact) mass is 261 g/mol. The fourth-order valence-corrected chi connectivity index (χ4v) is 2.67. The Bertz CT molecular complexity index is 408. The number of carbonyl (C=O) groups is 1. The maximum atomic E-state index is 12.3. The van der Waals surface area contributed by atoms with Crippen molar-refractivity contribution in [3.05, 3.63) is 35.9 Å². The van der Waals surface area contributed by atoms with Crippen LogP contribution in [0.25, 0.3) is 0 Å². The summed E-state index contributed by atoms with van der Waals surface area (Å²) >= 11 is 0. The van der Waals surface area contributed by atoms with Crippen molar-refractivity contribution in [2.24, 2.45) is 0 Å². The van der Waals surface area contributed by atoms with Crippen molar-refractivity contribution in [1.29, 1.82) is 0 Å². The van der Waals surface area contributed by atoms with Gasteiger partial charge in [0.15, 0.2) is 0 Å². The molecule has 1 amide bonds. The summed E-state index contributed by atoms with van der Waals surface area (Å²) in [5.74, 6) is 0.500. The van der Waals surface area contributed by atoms with Crippen LogP contribution in [0.2, 0.25) is 0 Å². The van der Waals surface area contributed by atoms with Gasteiger partial charge >= 0.3 is 0 Å². The average molecular weight is 261 g/mol. The van der Waals surface area contributed by atoms with E-state index in [4.69, 9.17) is 4.74 Å². The first-order chi connectivity index (χ1) is 9.06. The van der Waals surface area contributed by atoms with Gasteiger partial charge in [-0.25, -0.2) is 0 Å². The van der Waals surface area contributed by atoms with E-state index in [1.165, 1.54) is 5.56 Å². The minimum Gasteiger partial charge on any atom is -0.372 e. The van der Waals surface area contributed by atoms with Crippen LogP contribution in [-0.4, -0.2) is 36.1 Å². The van der Waals surface area contributed by atoms with E-state index in [2.05, 4.69) is 19.1 Å². The topological polar surface area (TPSA) is 29.5 Å². The smallest absolute Gasteiger partial charge is 0.223 e. The molecule has 1 aliphatic rings. The second-order valence-electron chi connectivity index (χ2n) is 5.57. The lowest BCUT2D eigenvalue weighted by atomic mass is 9.97. The first-order valence-corrected chi connectivity index (χ1v) is 7.04. The minimum atomic E-state index is 0.139. The van der Waals surface area contributed by atoms with Crippen molar-refractivity contribution in [2.45, 2.75) is 45.3 Å². The van der Waals surface area contributed by atoms with E-state index >= 15 is 0 Å². The number of benzene rings is 1. The van der Waals surface area contributed by atoms with Gasteiger partial charge in [0.05, 0.1) is 12.2 Å². The van der Waals surface area contributed by atoms with E-state index in [-0.39, 0.29) is 24.0 Å². The molecular weight excluding hydrogens is 238 g/mol. The van der Waals surface area contributed by atoms with Crippen LogP contribution >= 0.6 is 0 Å². The van der Waals surface area contributed by atoms with Gasteiger partial charge in [-0.1, -0.05) is 37.3 Å². The molecule has 1 aromatic rings. The summed E-state index contributed by atoms with van der Waals surface area (Å²) < 4.78 is 5.66. The number of morpholine rings is 1. The molecule has 2 rings (SSSR count). The molecule has 1 saturated heterocycles. The van der Waals surface area contributed by atoms with Gasteiger partial charge in [0.1, 0.15) is 0 Å². The number of nitrogens with zero attached hydrogens (tertiary/aromatic N) is 1. The van der Waals surface area contributed by atoms with Gasteiger partial charge in [0.2, 0.25) is 5.91 Å².